The molecule has 2 N–H and O–H groups in total. The Morgan fingerprint density at radius 2 is 1.90 bits per heavy atom. The average molecular weight is 309 g/mol. The molecule has 0 unspecified atom stereocenters. The summed E-state index contributed by atoms with van der Waals surface area (Å²) in [6.45, 7) is 1.65. The largest absolute Gasteiger partial charge is 0.289 e. The average Bonchev–Trinajstić information content (AvgIpc) is 2.48. The van der Waals surface area contributed by atoms with Gasteiger partial charge in [-0.3, -0.25) is 14.8 Å². The van der Waals surface area contributed by atoms with Gasteiger partial charge in [-0.05, 0) is 31.2 Å². The first-order valence-electron chi connectivity index (χ1n) is 5.71. The van der Waals surface area contributed by atoms with Crippen LogP contribution in [0.25, 0.3) is 0 Å². The molecule has 0 spiro atoms. The van der Waals surface area contributed by atoms with E-state index in [1.165, 1.54) is 36.0 Å². The van der Waals surface area contributed by atoms with Crippen molar-refractivity contribution in [3.05, 3.63) is 29.8 Å². The minimum Gasteiger partial charge on any atom is -0.289 e. The number of nitrogens with zero attached hydrogens (tertiary/aromatic N) is 1. The monoisotopic (exact) mass is 309 g/mol. The molecule has 0 aliphatic rings. The molecule has 0 saturated carbocycles. The maximum absolute atomic E-state index is 12.3. The fourth-order valence-corrected chi connectivity index (χ4v) is 2.74. The molecule has 8 heteroatoms. The summed E-state index contributed by atoms with van der Waals surface area (Å²) in [4.78, 5) is 21.9. The molecule has 1 atom stereocenters. The van der Waals surface area contributed by atoms with Gasteiger partial charge in [0.05, 0.1) is 4.90 Å². The minimum absolute atomic E-state index is 0.113. The van der Waals surface area contributed by atoms with Gasteiger partial charge in [-0.25, -0.2) is 13.9 Å². The molecule has 0 bridgehead atoms. The van der Waals surface area contributed by atoms with Crippen molar-refractivity contribution >= 4 is 22.2 Å². The summed E-state index contributed by atoms with van der Waals surface area (Å²) < 4.78 is 25.1. The lowest BCUT2D eigenvalue weighted by Gasteiger charge is -2.20. The molecule has 1 radical (unpaired) electrons. The predicted molar refractivity (Wildman–Crippen MR) is 73.4 cm³/mol. The van der Waals surface area contributed by atoms with Crippen molar-refractivity contribution in [2.75, 3.05) is 7.05 Å². The third kappa shape index (κ3) is 3.66. The highest BCUT2D eigenvalue weighted by Gasteiger charge is 2.33. The van der Waals surface area contributed by atoms with E-state index >= 15 is 0 Å². The van der Waals surface area contributed by atoms with Crippen LogP contribution in [0.3, 0.4) is 0 Å². The lowest BCUT2D eigenvalue weighted by molar-refractivity contribution is -0.130. The number of carbonyl (C=O) groups is 1. The van der Waals surface area contributed by atoms with Crippen molar-refractivity contribution in [1.29, 1.82) is 0 Å². The summed E-state index contributed by atoms with van der Waals surface area (Å²) in [5, 5.41) is 8.50. The van der Waals surface area contributed by atoms with Crippen LogP contribution >= 0.6 is 0 Å². The Kier molecular flexibility index (Phi) is 5.60. The van der Waals surface area contributed by atoms with Crippen LogP contribution in [0.15, 0.2) is 29.2 Å². The molecule has 0 fully saturated rings. The van der Waals surface area contributed by atoms with Crippen LogP contribution in [0.2, 0.25) is 0 Å². The molecule has 1 amide bonds. The quantitative estimate of drug-likeness (QED) is 0.335. The van der Waals surface area contributed by atoms with Crippen molar-refractivity contribution in [2.24, 2.45) is 0 Å². The van der Waals surface area contributed by atoms with Gasteiger partial charge in [0.15, 0.2) is 6.04 Å². The molecule has 21 heavy (non-hydrogen) atoms. The maximum Gasteiger partial charge on any atom is 0.269 e. The number of carbonyl (C=O) groups excluding carboxylic acids is 2. The molecule has 7 nitrogen and oxygen atoms in total. The zero-order valence-electron chi connectivity index (χ0n) is 11.3. The van der Waals surface area contributed by atoms with Crippen LogP contribution in [0.4, 0.5) is 0 Å². The summed E-state index contributed by atoms with van der Waals surface area (Å²) in [5.41, 5.74) is 1.85. The summed E-state index contributed by atoms with van der Waals surface area (Å²) in [6, 6.07) is 3.84. The Labute approximate surface area is 122 Å². The van der Waals surface area contributed by atoms with E-state index in [1.54, 1.807) is 6.92 Å². The van der Waals surface area contributed by atoms with E-state index in [0.717, 1.165) is 7.05 Å². The molecule has 0 saturated heterocycles. The van der Waals surface area contributed by atoms with E-state index < -0.39 is 22.0 Å². The topological polar surface area (TPSA) is 104 Å². The number of likely N-dealkylation sites (N-methyl/N-ethyl adjacent to an activating group) is 1. The molecule has 0 aromatic heterocycles. The Morgan fingerprint density at radius 3 is 2.33 bits per heavy atom. The highest BCUT2D eigenvalue weighted by molar-refractivity contribution is 7.89. The second-order valence-electron chi connectivity index (χ2n) is 3.92. The molecule has 0 aliphatic carbocycles. The van der Waals surface area contributed by atoms with Gasteiger partial charge in [0, 0.05) is 12.6 Å². The van der Waals surface area contributed by atoms with E-state index in [4.69, 9.17) is 5.21 Å². The number of rotatable bonds is 5. The van der Waals surface area contributed by atoms with E-state index in [0.29, 0.717) is 9.87 Å². The summed E-state index contributed by atoms with van der Waals surface area (Å²) in [6.07, 6.45) is 1.26. The molecule has 0 heterocycles. The number of amides is 1. The lowest BCUT2D eigenvalue weighted by atomic mass is 10.2. The van der Waals surface area contributed by atoms with Gasteiger partial charge in [0.25, 0.3) is 5.91 Å². The number of nitrogens with one attached hydrogen (secondary N) is 1. The van der Waals surface area contributed by atoms with Crippen molar-refractivity contribution in [3.8, 4) is 11.8 Å². The fraction of sp³-hybridized carbons (Fsp3) is 0.231. The van der Waals surface area contributed by atoms with Crippen LogP contribution in [0.1, 0.15) is 12.5 Å². The molecular formula is C13H13N2O5S. The molecule has 1 aromatic carbocycles. The number of hydroxylamine groups is 1. The van der Waals surface area contributed by atoms with E-state index in [9.17, 15) is 18.0 Å². The zero-order valence-corrected chi connectivity index (χ0v) is 12.1. The van der Waals surface area contributed by atoms with Crippen LogP contribution in [0, 0.1) is 11.8 Å². The van der Waals surface area contributed by atoms with Crippen molar-refractivity contribution in [1.82, 2.24) is 9.79 Å². The van der Waals surface area contributed by atoms with E-state index in [-0.39, 0.29) is 4.90 Å². The Balaban J connectivity index is 3.16. The van der Waals surface area contributed by atoms with Gasteiger partial charge in [-0.1, -0.05) is 5.92 Å². The Hall–Kier alpha value is -2.21. The molecular weight excluding hydrogens is 296 g/mol. The fourth-order valence-electron chi connectivity index (χ4n) is 1.51. The second-order valence-corrected chi connectivity index (χ2v) is 5.91. The van der Waals surface area contributed by atoms with Crippen LogP contribution in [0.5, 0.6) is 0 Å². The first kappa shape index (κ1) is 16.8. The molecule has 0 aliphatic heterocycles. The Bertz CT molecular complexity index is 686. The number of benzene rings is 1. The minimum atomic E-state index is -4.09. The molecule has 1 rings (SSSR count). The first-order valence-corrected chi connectivity index (χ1v) is 7.15. The van der Waals surface area contributed by atoms with Gasteiger partial charge in [-0.15, -0.1) is 5.92 Å². The third-order valence-electron chi connectivity index (χ3n) is 2.63. The van der Waals surface area contributed by atoms with E-state index in [1.807, 2.05) is 0 Å². The number of sulfonamides is 1. The normalized spacial score (nSPS) is 12.2. The number of hydrogen-bond acceptors (Lipinski definition) is 5. The molecule has 111 valence electrons. The van der Waals surface area contributed by atoms with Gasteiger partial charge in [0.1, 0.15) is 0 Å². The summed E-state index contributed by atoms with van der Waals surface area (Å²) in [7, 11) is -3.04. The van der Waals surface area contributed by atoms with Crippen LogP contribution in [-0.2, 0) is 19.6 Å². The highest BCUT2D eigenvalue weighted by Crippen LogP contribution is 2.16. The van der Waals surface area contributed by atoms with Crippen LogP contribution < -0.4 is 5.48 Å². The van der Waals surface area contributed by atoms with Gasteiger partial charge in [0.2, 0.25) is 16.3 Å². The maximum atomic E-state index is 12.3. The molecule has 1 aromatic rings. The standard InChI is InChI=1S/C13H13N2O5S/c1-3-4-10-5-7-11(8-6-10)21(19,20)15(2)12(9-16)13(17)14-18/h5-8,12,18H,1-2H3,(H,14,17)/t12-/m0/s1. The number of hydrogen-bond donors (Lipinski definition) is 2. The Morgan fingerprint density at radius 1 is 1.33 bits per heavy atom. The SMILES string of the molecule is CC#Cc1ccc(S(=O)(=O)N(C)[C@@H]([C]=O)C(=O)NO)cc1. The zero-order chi connectivity index (χ0) is 16.0. The van der Waals surface area contributed by atoms with Crippen molar-refractivity contribution in [2.45, 2.75) is 17.9 Å². The second kappa shape index (κ2) is 6.99. The first-order chi connectivity index (χ1) is 9.88. The highest BCUT2D eigenvalue weighted by atomic mass is 32.2. The van der Waals surface area contributed by atoms with Crippen molar-refractivity contribution in [3.63, 3.8) is 0 Å². The lowest BCUT2D eigenvalue weighted by Crippen LogP contribution is -2.47. The summed E-state index contributed by atoms with van der Waals surface area (Å²) in [5.74, 6) is 4.24. The predicted octanol–water partition coefficient (Wildman–Crippen LogP) is -0.338. The van der Waals surface area contributed by atoms with Gasteiger partial charge in [-0.2, -0.15) is 4.31 Å². The van der Waals surface area contributed by atoms with E-state index in [2.05, 4.69) is 11.8 Å². The van der Waals surface area contributed by atoms with Crippen LogP contribution in [-0.4, -0.2) is 43.2 Å². The van der Waals surface area contributed by atoms with Crippen molar-refractivity contribution < 1.29 is 23.2 Å². The van der Waals surface area contributed by atoms with Gasteiger partial charge < -0.3 is 0 Å². The van der Waals surface area contributed by atoms with Gasteiger partial charge >= 0.3 is 0 Å². The third-order valence-corrected chi connectivity index (χ3v) is 4.47. The summed E-state index contributed by atoms with van der Waals surface area (Å²) >= 11 is 0. The smallest absolute Gasteiger partial charge is 0.269 e.